The van der Waals surface area contributed by atoms with Crippen LogP contribution in [0.3, 0.4) is 0 Å². The second kappa shape index (κ2) is 8.49. The average molecular weight is 311 g/mol. The minimum atomic E-state index is -1.11. The topological polar surface area (TPSA) is 171 Å². The van der Waals surface area contributed by atoms with E-state index in [2.05, 4.69) is 15.4 Å². The van der Waals surface area contributed by atoms with Crippen LogP contribution in [0, 0.1) is 0 Å². The summed E-state index contributed by atoms with van der Waals surface area (Å²) in [4.78, 5) is 40.7. The van der Waals surface area contributed by atoms with Gasteiger partial charge in [0.1, 0.15) is 12.2 Å². The second-order valence-electron chi connectivity index (χ2n) is 4.08. The lowest BCUT2D eigenvalue weighted by Gasteiger charge is -1.88. The molecule has 4 N–H and O–H groups in total. The Morgan fingerprint density at radius 3 is 1.36 bits per heavy atom. The fourth-order valence-corrected chi connectivity index (χ4v) is 1.29. The van der Waals surface area contributed by atoms with Gasteiger partial charge in [-0.2, -0.15) is 0 Å². The van der Waals surface area contributed by atoms with E-state index in [9.17, 15) is 19.2 Å². The Hall–Kier alpha value is -2.79. The zero-order chi connectivity index (χ0) is 16.5. The van der Waals surface area contributed by atoms with E-state index in [1.165, 1.54) is 0 Å². The molecular formula is C11H13N5O6. The van der Waals surface area contributed by atoms with Crippen LogP contribution in [0.25, 0.3) is 0 Å². The number of nitrogens with zero attached hydrogens (tertiary/aromatic N) is 3. The summed E-state index contributed by atoms with van der Waals surface area (Å²) in [5.74, 6) is -1.98. The van der Waals surface area contributed by atoms with Gasteiger partial charge in [-0.1, -0.05) is 0 Å². The molecule has 0 bridgehead atoms. The number of hydrogen-bond acceptors (Lipinski definition) is 9. The molecule has 22 heavy (non-hydrogen) atoms. The number of aromatic nitrogens is 3. The summed E-state index contributed by atoms with van der Waals surface area (Å²) in [5, 5.41) is 31.1. The first-order chi connectivity index (χ1) is 10.4. The molecule has 1 aromatic rings. The second-order valence-corrected chi connectivity index (χ2v) is 4.08. The number of rotatable bonds is 0. The predicted molar refractivity (Wildman–Crippen MR) is 67.4 cm³/mol. The molecule has 2 aliphatic heterocycles. The van der Waals surface area contributed by atoms with E-state index >= 15 is 0 Å². The highest BCUT2D eigenvalue weighted by molar-refractivity contribution is 6.05. The molecule has 2 saturated heterocycles. The molecule has 1 aromatic heterocycles. The summed E-state index contributed by atoms with van der Waals surface area (Å²) in [6.07, 6.45) is 0.766. The molecule has 0 aromatic carbocycles. The largest absolute Gasteiger partial charge is 0.383 e. The van der Waals surface area contributed by atoms with E-state index in [1.54, 1.807) is 18.5 Å². The predicted octanol–water partition coefficient (Wildman–Crippen LogP) is -3.34. The van der Waals surface area contributed by atoms with Crippen molar-refractivity contribution >= 4 is 23.6 Å². The highest BCUT2D eigenvalue weighted by Gasteiger charge is 2.28. The molecule has 3 rings (SSSR count). The van der Waals surface area contributed by atoms with Gasteiger partial charge in [-0.05, 0) is 11.3 Å². The van der Waals surface area contributed by atoms with Crippen LogP contribution in [0.15, 0.2) is 18.5 Å². The Morgan fingerprint density at radius 2 is 1.27 bits per heavy atom. The first-order valence-corrected chi connectivity index (χ1v) is 6.02. The van der Waals surface area contributed by atoms with Crippen LogP contribution in [0.1, 0.15) is 12.8 Å². The summed E-state index contributed by atoms with van der Waals surface area (Å²) in [7, 11) is 0. The highest BCUT2D eigenvalue weighted by Crippen LogP contribution is 1.99. The molecule has 118 valence electrons. The van der Waals surface area contributed by atoms with E-state index in [0.29, 0.717) is 0 Å². The zero-order valence-corrected chi connectivity index (χ0v) is 11.2. The maximum Gasteiger partial charge on any atom is 0.255 e. The molecule has 2 fully saturated rings. The van der Waals surface area contributed by atoms with Crippen molar-refractivity contribution in [2.45, 2.75) is 25.0 Å². The SMILES string of the molecule is O=C1CC(O)C(=O)N1.O=C1CC(O)C(=O)N1.c1cnnnc1. The van der Waals surface area contributed by atoms with Crippen LogP contribution in [0.4, 0.5) is 0 Å². The molecule has 2 aliphatic rings. The summed E-state index contributed by atoms with van der Waals surface area (Å²) in [5.41, 5.74) is 0. The Balaban J connectivity index is 0.000000167. The number of hydrogen-bond donors (Lipinski definition) is 4. The third-order valence-corrected chi connectivity index (χ3v) is 2.30. The summed E-state index contributed by atoms with van der Waals surface area (Å²) < 4.78 is 0. The van der Waals surface area contributed by atoms with Crippen LogP contribution in [0.2, 0.25) is 0 Å². The monoisotopic (exact) mass is 311 g/mol. The fraction of sp³-hybridized carbons (Fsp3) is 0.364. The van der Waals surface area contributed by atoms with Gasteiger partial charge >= 0.3 is 0 Å². The van der Waals surface area contributed by atoms with Crippen LogP contribution >= 0.6 is 0 Å². The maximum atomic E-state index is 10.2. The van der Waals surface area contributed by atoms with Crippen LogP contribution in [-0.2, 0) is 19.2 Å². The van der Waals surface area contributed by atoms with Crippen molar-refractivity contribution in [3.8, 4) is 0 Å². The lowest BCUT2D eigenvalue weighted by Crippen LogP contribution is -2.24. The molecular weight excluding hydrogens is 298 g/mol. The minimum absolute atomic E-state index is 0.0845. The minimum Gasteiger partial charge on any atom is -0.383 e. The van der Waals surface area contributed by atoms with Gasteiger partial charge in [-0.3, -0.25) is 29.8 Å². The lowest BCUT2D eigenvalue weighted by atomic mass is 10.3. The Kier molecular flexibility index (Phi) is 6.66. The van der Waals surface area contributed by atoms with Crippen molar-refractivity contribution in [2.24, 2.45) is 0 Å². The molecule has 0 spiro atoms. The fourth-order valence-electron chi connectivity index (χ4n) is 1.29. The number of aliphatic hydroxyl groups is 2. The molecule has 0 saturated carbocycles. The third-order valence-electron chi connectivity index (χ3n) is 2.30. The van der Waals surface area contributed by atoms with Gasteiger partial charge in [0.2, 0.25) is 11.8 Å². The Morgan fingerprint density at radius 1 is 0.864 bits per heavy atom. The first-order valence-electron chi connectivity index (χ1n) is 6.02. The molecule has 3 heterocycles. The highest BCUT2D eigenvalue weighted by atomic mass is 16.3. The Bertz CT molecular complexity index is 490. The molecule has 11 heteroatoms. The van der Waals surface area contributed by atoms with Gasteiger partial charge in [0.05, 0.1) is 25.2 Å². The number of carbonyl (C=O) groups is 4. The number of aliphatic hydroxyl groups excluding tert-OH is 2. The maximum absolute atomic E-state index is 10.2. The van der Waals surface area contributed by atoms with Crippen LogP contribution < -0.4 is 10.6 Å². The molecule has 0 radical (unpaired) electrons. The van der Waals surface area contributed by atoms with E-state index in [-0.39, 0.29) is 12.8 Å². The first kappa shape index (κ1) is 17.3. The molecule has 2 atom stereocenters. The van der Waals surface area contributed by atoms with Gasteiger partial charge in [-0.15, -0.1) is 10.2 Å². The van der Waals surface area contributed by atoms with Crippen molar-refractivity contribution in [1.29, 1.82) is 0 Å². The zero-order valence-electron chi connectivity index (χ0n) is 11.2. The van der Waals surface area contributed by atoms with Crippen molar-refractivity contribution < 1.29 is 29.4 Å². The van der Waals surface area contributed by atoms with E-state index in [0.717, 1.165) is 0 Å². The molecule has 0 aliphatic carbocycles. The normalized spacial score (nSPS) is 22.8. The molecule has 11 nitrogen and oxygen atoms in total. The van der Waals surface area contributed by atoms with E-state index < -0.39 is 35.8 Å². The van der Waals surface area contributed by atoms with Gasteiger partial charge in [-0.25, -0.2) is 0 Å². The van der Waals surface area contributed by atoms with Crippen molar-refractivity contribution in [2.75, 3.05) is 0 Å². The molecule has 4 amide bonds. The van der Waals surface area contributed by atoms with Gasteiger partial charge in [0.25, 0.3) is 11.8 Å². The number of nitrogens with one attached hydrogen (secondary N) is 2. The van der Waals surface area contributed by atoms with E-state index in [4.69, 9.17) is 10.2 Å². The smallest absolute Gasteiger partial charge is 0.255 e. The van der Waals surface area contributed by atoms with Gasteiger partial charge in [0.15, 0.2) is 0 Å². The lowest BCUT2D eigenvalue weighted by molar-refractivity contribution is -0.128. The van der Waals surface area contributed by atoms with Gasteiger partial charge < -0.3 is 10.2 Å². The van der Waals surface area contributed by atoms with Crippen LogP contribution in [-0.4, -0.2) is 61.5 Å². The third kappa shape index (κ3) is 6.11. The number of amides is 4. The summed E-state index contributed by atoms with van der Waals surface area (Å²) in [6, 6.07) is 1.72. The standard InChI is InChI=1S/2C4H5NO3.C3H3N3/c2*6-2-1-3(7)5-4(2)8;1-2-4-6-5-3-1/h2*2,6H,1H2,(H,5,7,8);1-3H. The quantitative estimate of drug-likeness (QED) is 0.357. The summed E-state index contributed by atoms with van der Waals surface area (Å²) >= 11 is 0. The number of carbonyl (C=O) groups excluding carboxylic acids is 4. The molecule has 2 unspecified atom stereocenters. The Labute approximate surface area is 123 Å². The number of imide groups is 2. The van der Waals surface area contributed by atoms with Crippen molar-refractivity contribution in [3.63, 3.8) is 0 Å². The van der Waals surface area contributed by atoms with Crippen molar-refractivity contribution in [3.05, 3.63) is 18.5 Å². The van der Waals surface area contributed by atoms with E-state index in [1.807, 2.05) is 10.6 Å². The average Bonchev–Trinajstić information content (AvgIpc) is 2.93. The van der Waals surface area contributed by atoms with Crippen molar-refractivity contribution in [1.82, 2.24) is 26.0 Å². The summed E-state index contributed by atoms with van der Waals surface area (Å²) in [6.45, 7) is 0. The van der Waals surface area contributed by atoms with Crippen LogP contribution in [0.5, 0.6) is 0 Å². The van der Waals surface area contributed by atoms with Gasteiger partial charge in [0, 0.05) is 0 Å².